The van der Waals surface area contributed by atoms with Crippen molar-refractivity contribution in [2.75, 3.05) is 39.6 Å². The molecule has 17 nitrogen and oxygen atoms in total. The van der Waals surface area contributed by atoms with Crippen LogP contribution in [0.3, 0.4) is 0 Å². The summed E-state index contributed by atoms with van der Waals surface area (Å²) >= 11 is 0. The van der Waals surface area contributed by atoms with Gasteiger partial charge in [-0.15, -0.1) is 0 Å². The number of hydrogen-bond acceptors (Lipinski definition) is 15. The third-order valence-electron chi connectivity index (χ3n) is 15.3. The van der Waals surface area contributed by atoms with Crippen LogP contribution in [0.15, 0.2) is 0 Å². The van der Waals surface area contributed by atoms with Crippen LogP contribution in [-0.4, -0.2) is 96.7 Å². The molecule has 85 heavy (non-hydrogen) atoms. The van der Waals surface area contributed by atoms with Gasteiger partial charge in [0.05, 0.1) is 26.4 Å². The number of phosphoric ester groups is 2. The van der Waals surface area contributed by atoms with E-state index in [2.05, 4.69) is 34.6 Å². The lowest BCUT2D eigenvalue weighted by atomic mass is 10.0. The number of rotatable bonds is 66. The number of unbranched alkanes of at least 4 members (excludes halogenated alkanes) is 38. The number of phosphoric acid groups is 2. The van der Waals surface area contributed by atoms with Crippen LogP contribution in [0.2, 0.25) is 0 Å². The van der Waals surface area contributed by atoms with Crippen LogP contribution in [0, 0.1) is 5.92 Å². The zero-order valence-electron chi connectivity index (χ0n) is 54.7. The second-order valence-corrected chi connectivity index (χ2v) is 27.2. The van der Waals surface area contributed by atoms with Crippen molar-refractivity contribution in [2.45, 2.75) is 355 Å². The largest absolute Gasteiger partial charge is 0.472 e. The Morgan fingerprint density at radius 3 is 0.800 bits per heavy atom. The summed E-state index contributed by atoms with van der Waals surface area (Å²) in [6.45, 7) is 7.17. The van der Waals surface area contributed by atoms with E-state index in [9.17, 15) is 43.2 Å². The molecule has 0 aliphatic rings. The second kappa shape index (κ2) is 59.7. The maximum atomic E-state index is 13.0. The summed E-state index contributed by atoms with van der Waals surface area (Å²) in [4.78, 5) is 72.2. The highest BCUT2D eigenvalue weighted by molar-refractivity contribution is 7.47. The summed E-state index contributed by atoms with van der Waals surface area (Å²) < 4.78 is 68.0. The van der Waals surface area contributed by atoms with Crippen molar-refractivity contribution in [1.29, 1.82) is 0 Å². The first-order chi connectivity index (χ1) is 41.0. The predicted molar refractivity (Wildman–Crippen MR) is 340 cm³/mol. The van der Waals surface area contributed by atoms with Gasteiger partial charge < -0.3 is 33.8 Å². The van der Waals surface area contributed by atoms with Crippen molar-refractivity contribution in [2.24, 2.45) is 5.92 Å². The Hall–Kier alpha value is -1.94. The summed E-state index contributed by atoms with van der Waals surface area (Å²) in [5, 5.41) is 10.5. The molecule has 0 aromatic heterocycles. The Balaban J connectivity index is 5.20. The fourth-order valence-corrected chi connectivity index (χ4v) is 11.5. The standard InChI is InChI=1S/C66H128O17P2/c1-6-9-12-15-18-21-22-23-24-25-28-32-37-42-47-52-66(71)83-62(56-77-64(69)50-45-40-36-31-29-26-27-30-33-38-43-48-59(4)5)58-81-85(74,75)79-54-60(67)53-78-84(72,73)80-57-61(82-65(70)51-46-41-35-20-17-14-11-8-3)55-76-63(68)49-44-39-34-19-16-13-10-7-2/h59-62,67H,6-58H2,1-5H3,(H,72,73)(H,74,75)/t60-,61+,62+/m0/s1. The van der Waals surface area contributed by atoms with E-state index in [1.54, 1.807) is 0 Å². The number of carbonyl (C=O) groups is 4. The Morgan fingerprint density at radius 2 is 0.541 bits per heavy atom. The molecule has 0 saturated carbocycles. The molecule has 3 N–H and O–H groups in total. The molecule has 0 amide bonds. The fraction of sp³-hybridized carbons (Fsp3) is 0.939. The molecule has 0 aliphatic carbocycles. The molecule has 0 aliphatic heterocycles. The van der Waals surface area contributed by atoms with Crippen LogP contribution >= 0.6 is 15.6 Å². The molecule has 19 heteroatoms. The van der Waals surface area contributed by atoms with Gasteiger partial charge in [0.1, 0.15) is 19.3 Å². The summed E-state index contributed by atoms with van der Waals surface area (Å²) in [7, 11) is -9.88. The van der Waals surface area contributed by atoms with E-state index in [4.69, 9.17) is 37.0 Å². The minimum atomic E-state index is -4.95. The van der Waals surface area contributed by atoms with E-state index in [-0.39, 0.29) is 25.7 Å². The van der Waals surface area contributed by atoms with E-state index in [0.29, 0.717) is 25.7 Å². The topological polar surface area (TPSA) is 237 Å². The first kappa shape index (κ1) is 83.1. The molecular weight excluding hydrogens is 1130 g/mol. The molecule has 0 bridgehead atoms. The van der Waals surface area contributed by atoms with Gasteiger partial charge in [0.2, 0.25) is 0 Å². The molecule has 0 aromatic carbocycles. The molecule has 5 atom stereocenters. The van der Waals surface area contributed by atoms with Crippen LogP contribution in [0.25, 0.3) is 0 Å². The Morgan fingerprint density at radius 1 is 0.318 bits per heavy atom. The zero-order chi connectivity index (χ0) is 62.8. The number of aliphatic hydroxyl groups is 1. The maximum absolute atomic E-state index is 13.0. The van der Waals surface area contributed by atoms with Crippen molar-refractivity contribution in [3.8, 4) is 0 Å². The lowest BCUT2D eigenvalue weighted by Crippen LogP contribution is -2.30. The molecule has 504 valence electrons. The Kier molecular flexibility index (Phi) is 58.3. The summed E-state index contributed by atoms with van der Waals surface area (Å²) in [5.74, 6) is -1.36. The molecule has 0 rings (SSSR count). The average molecular weight is 1260 g/mol. The minimum absolute atomic E-state index is 0.105. The molecule has 0 saturated heterocycles. The number of carbonyl (C=O) groups excluding carboxylic acids is 4. The molecule has 0 aromatic rings. The van der Waals surface area contributed by atoms with Gasteiger partial charge in [0.15, 0.2) is 12.2 Å². The number of hydrogen-bond donors (Lipinski definition) is 3. The van der Waals surface area contributed by atoms with Gasteiger partial charge in [-0.2, -0.15) is 0 Å². The molecular formula is C66H128O17P2. The molecule has 0 heterocycles. The van der Waals surface area contributed by atoms with Crippen molar-refractivity contribution in [1.82, 2.24) is 0 Å². The highest BCUT2D eigenvalue weighted by atomic mass is 31.2. The van der Waals surface area contributed by atoms with E-state index in [1.165, 1.54) is 148 Å². The lowest BCUT2D eigenvalue weighted by molar-refractivity contribution is -0.161. The summed E-state index contributed by atoms with van der Waals surface area (Å²) in [6.07, 6.45) is 44.5. The van der Waals surface area contributed by atoms with E-state index in [0.717, 1.165) is 109 Å². The summed E-state index contributed by atoms with van der Waals surface area (Å²) in [5.41, 5.74) is 0. The zero-order valence-corrected chi connectivity index (χ0v) is 56.5. The van der Waals surface area contributed by atoms with E-state index in [1.807, 2.05) is 0 Å². The van der Waals surface area contributed by atoms with Crippen molar-refractivity contribution in [3.63, 3.8) is 0 Å². The normalized spacial score (nSPS) is 14.2. The molecule has 0 fully saturated rings. The molecule has 0 spiro atoms. The monoisotopic (exact) mass is 1250 g/mol. The van der Waals surface area contributed by atoms with Gasteiger partial charge in [-0.25, -0.2) is 9.13 Å². The number of aliphatic hydroxyl groups excluding tert-OH is 1. The van der Waals surface area contributed by atoms with Gasteiger partial charge >= 0.3 is 39.5 Å². The van der Waals surface area contributed by atoms with Gasteiger partial charge in [-0.3, -0.25) is 37.3 Å². The SMILES string of the molecule is CCCCCCCCCCCCCCCCCC(=O)O[C@H](COC(=O)CCCCCCCCCCCCCC(C)C)COP(=O)(O)OC[C@@H](O)COP(=O)(O)OC[C@@H](COC(=O)CCCCCCCCCC)OC(=O)CCCCCCCCCC. The first-order valence-electron chi connectivity index (χ1n) is 34.6. The van der Waals surface area contributed by atoms with Crippen molar-refractivity contribution < 1.29 is 80.2 Å². The first-order valence-corrected chi connectivity index (χ1v) is 37.6. The van der Waals surface area contributed by atoms with Crippen LogP contribution < -0.4 is 0 Å². The highest BCUT2D eigenvalue weighted by Crippen LogP contribution is 2.45. The Bertz CT molecular complexity index is 1650. The van der Waals surface area contributed by atoms with Crippen LogP contribution in [0.5, 0.6) is 0 Å². The molecule has 2 unspecified atom stereocenters. The predicted octanol–water partition coefficient (Wildman–Crippen LogP) is 18.6. The van der Waals surface area contributed by atoms with E-state index < -0.39 is 97.5 Å². The number of ether oxygens (including phenoxy) is 4. The lowest BCUT2D eigenvalue weighted by Gasteiger charge is -2.21. The van der Waals surface area contributed by atoms with Crippen LogP contribution in [0.1, 0.15) is 336 Å². The smallest absolute Gasteiger partial charge is 0.462 e. The third-order valence-corrected chi connectivity index (χ3v) is 17.2. The van der Waals surface area contributed by atoms with Gasteiger partial charge in [0, 0.05) is 25.7 Å². The minimum Gasteiger partial charge on any atom is -0.462 e. The summed E-state index contributed by atoms with van der Waals surface area (Å²) in [6, 6.07) is 0. The number of esters is 4. The molecule has 0 radical (unpaired) electrons. The quantitative estimate of drug-likeness (QED) is 0.0222. The van der Waals surface area contributed by atoms with Gasteiger partial charge in [-0.05, 0) is 31.6 Å². The second-order valence-electron chi connectivity index (χ2n) is 24.3. The average Bonchev–Trinajstić information content (AvgIpc) is 3.54. The highest BCUT2D eigenvalue weighted by Gasteiger charge is 2.30. The fourth-order valence-electron chi connectivity index (χ4n) is 9.94. The maximum Gasteiger partial charge on any atom is 0.472 e. The Labute approximate surface area is 517 Å². The third kappa shape index (κ3) is 60.7. The van der Waals surface area contributed by atoms with Crippen molar-refractivity contribution >= 4 is 39.5 Å². The van der Waals surface area contributed by atoms with Gasteiger partial charge in [-0.1, -0.05) is 285 Å². The van der Waals surface area contributed by atoms with Crippen molar-refractivity contribution in [3.05, 3.63) is 0 Å². The van der Waals surface area contributed by atoms with Crippen LogP contribution in [-0.2, 0) is 65.4 Å². The van der Waals surface area contributed by atoms with Gasteiger partial charge in [0.25, 0.3) is 0 Å². The van der Waals surface area contributed by atoms with E-state index >= 15 is 0 Å². The van der Waals surface area contributed by atoms with Crippen LogP contribution in [0.4, 0.5) is 0 Å².